The van der Waals surface area contributed by atoms with Gasteiger partial charge in [-0.25, -0.2) is 4.57 Å². The number of hydrogen-bond acceptors (Lipinski definition) is 1. The predicted molar refractivity (Wildman–Crippen MR) is 94.5 cm³/mol. The molecule has 0 saturated carbocycles. The summed E-state index contributed by atoms with van der Waals surface area (Å²) in [5.74, 6) is 0. The molecule has 2 nitrogen and oxygen atoms in total. The van der Waals surface area contributed by atoms with Crippen LogP contribution in [0, 0.1) is 20.7 Å². The number of furan rings is 1. The smallest absolute Gasteiger partial charge is 0.216 e. The molecule has 0 spiro atoms. The maximum atomic E-state index is 7.73. The van der Waals surface area contributed by atoms with Crippen LogP contribution in [0.15, 0.2) is 53.1 Å². The Morgan fingerprint density at radius 3 is 2.61 bits per heavy atom. The second-order valence-corrected chi connectivity index (χ2v) is 6.15. The van der Waals surface area contributed by atoms with Crippen molar-refractivity contribution in [3.05, 3.63) is 65.4 Å². The van der Waals surface area contributed by atoms with Gasteiger partial charge < -0.3 is 4.42 Å². The van der Waals surface area contributed by atoms with E-state index >= 15 is 0 Å². The molecule has 0 unspecified atom stereocenters. The summed E-state index contributed by atoms with van der Waals surface area (Å²) in [7, 11) is 1.92. The minimum absolute atomic E-state index is 0.328. The van der Waals surface area contributed by atoms with Crippen molar-refractivity contribution in [1.29, 1.82) is 0 Å². The summed E-state index contributed by atoms with van der Waals surface area (Å²) in [6.45, 7) is 1.92. The van der Waals surface area contributed by atoms with Crippen LogP contribution in [0.5, 0.6) is 0 Å². The second kappa shape index (κ2) is 4.95. The first-order valence-electron chi connectivity index (χ1n) is 9.19. The monoisotopic (exact) mass is 305 g/mol. The highest BCUT2D eigenvalue weighted by atomic mass is 16.3. The van der Waals surface area contributed by atoms with Crippen molar-refractivity contribution in [3.63, 3.8) is 0 Å². The average Bonchev–Trinajstić information content (AvgIpc) is 2.92. The summed E-state index contributed by atoms with van der Waals surface area (Å²) in [4.78, 5) is 0. The molecule has 2 heteroatoms. The molecular formula is C21H20NO+. The molecule has 0 fully saturated rings. The molecule has 2 heterocycles. The van der Waals surface area contributed by atoms with E-state index in [1.165, 1.54) is 0 Å². The Morgan fingerprint density at radius 2 is 1.78 bits per heavy atom. The minimum atomic E-state index is -2.14. The quantitative estimate of drug-likeness (QED) is 0.452. The molecule has 2 aromatic heterocycles. The highest BCUT2D eigenvalue weighted by Crippen LogP contribution is 2.37. The summed E-state index contributed by atoms with van der Waals surface area (Å²) in [6, 6.07) is 13.7. The van der Waals surface area contributed by atoms with Crippen LogP contribution in [-0.4, -0.2) is 0 Å². The minimum Gasteiger partial charge on any atom is -0.455 e. The van der Waals surface area contributed by atoms with Gasteiger partial charge in [-0.05, 0) is 43.5 Å². The van der Waals surface area contributed by atoms with E-state index in [9.17, 15) is 0 Å². The van der Waals surface area contributed by atoms with Crippen molar-refractivity contribution < 1.29 is 13.1 Å². The van der Waals surface area contributed by atoms with Gasteiger partial charge in [-0.1, -0.05) is 24.3 Å². The van der Waals surface area contributed by atoms with E-state index in [-0.39, 0.29) is 0 Å². The van der Waals surface area contributed by atoms with Crippen molar-refractivity contribution in [1.82, 2.24) is 0 Å². The fraction of sp³-hybridized carbons (Fsp3) is 0.190. The highest BCUT2D eigenvalue weighted by Gasteiger charge is 2.20. The van der Waals surface area contributed by atoms with E-state index in [4.69, 9.17) is 8.53 Å². The number of rotatable bonds is 1. The summed E-state index contributed by atoms with van der Waals surface area (Å²) in [5.41, 5.74) is 5.93. The molecule has 4 aromatic rings. The number of pyridine rings is 1. The first-order valence-corrected chi connectivity index (χ1v) is 7.69. The Bertz CT molecular complexity index is 1160. The van der Waals surface area contributed by atoms with Gasteiger partial charge in [0, 0.05) is 27.0 Å². The molecule has 0 atom stereocenters. The molecule has 0 aliphatic carbocycles. The van der Waals surface area contributed by atoms with Crippen molar-refractivity contribution in [2.45, 2.75) is 20.7 Å². The summed E-state index contributed by atoms with van der Waals surface area (Å²) < 4.78 is 31.4. The largest absolute Gasteiger partial charge is 0.455 e. The van der Waals surface area contributed by atoms with Crippen LogP contribution in [0.4, 0.5) is 0 Å². The van der Waals surface area contributed by atoms with Crippen molar-refractivity contribution in [3.8, 4) is 11.3 Å². The van der Waals surface area contributed by atoms with Crippen molar-refractivity contribution >= 4 is 21.9 Å². The lowest BCUT2D eigenvalue weighted by Gasteiger charge is -2.06. The SMILES string of the molecule is [2H]C([2H])([2H])c1cc[n+](C)c(-c2c(C)ccc3c2oc2cc(C)ccc23)c1. The van der Waals surface area contributed by atoms with Crippen LogP contribution in [0.3, 0.4) is 0 Å². The third kappa shape index (κ3) is 2.14. The van der Waals surface area contributed by atoms with Crippen LogP contribution in [0.2, 0.25) is 0 Å². The number of aryl methyl sites for hydroxylation is 4. The van der Waals surface area contributed by atoms with Gasteiger partial charge in [0.05, 0.1) is 5.56 Å². The zero-order valence-electron chi connectivity index (χ0n) is 16.5. The topological polar surface area (TPSA) is 17.0 Å². The zero-order valence-corrected chi connectivity index (χ0v) is 13.5. The van der Waals surface area contributed by atoms with Gasteiger partial charge in [0.1, 0.15) is 18.2 Å². The van der Waals surface area contributed by atoms with Crippen molar-refractivity contribution in [2.24, 2.45) is 7.05 Å². The first-order chi connectivity index (χ1) is 12.3. The number of aromatic nitrogens is 1. The fourth-order valence-electron chi connectivity index (χ4n) is 3.18. The number of fused-ring (bicyclic) bond motifs is 3. The third-order valence-electron chi connectivity index (χ3n) is 4.41. The van der Waals surface area contributed by atoms with Crippen LogP contribution in [-0.2, 0) is 7.05 Å². The summed E-state index contributed by atoms with van der Waals surface area (Å²) in [5, 5.41) is 2.11. The Morgan fingerprint density at radius 1 is 0.957 bits per heavy atom. The molecule has 0 aliphatic rings. The zero-order chi connectivity index (χ0) is 18.6. The Kier molecular flexibility index (Phi) is 2.37. The van der Waals surface area contributed by atoms with Crippen LogP contribution < -0.4 is 4.57 Å². The molecule has 0 aliphatic heterocycles. The van der Waals surface area contributed by atoms with Gasteiger partial charge in [-0.3, -0.25) is 0 Å². The lowest BCUT2D eigenvalue weighted by atomic mass is 10.00. The highest BCUT2D eigenvalue weighted by molar-refractivity contribution is 6.09. The van der Waals surface area contributed by atoms with Crippen LogP contribution >= 0.6 is 0 Å². The maximum absolute atomic E-state index is 7.73. The van der Waals surface area contributed by atoms with E-state index in [0.29, 0.717) is 5.56 Å². The Hall–Kier alpha value is -2.61. The number of benzene rings is 2. The van der Waals surface area contributed by atoms with Gasteiger partial charge in [-0.15, -0.1) is 0 Å². The fourth-order valence-corrected chi connectivity index (χ4v) is 3.18. The van der Waals surface area contributed by atoms with Gasteiger partial charge in [0.2, 0.25) is 5.69 Å². The molecule has 23 heavy (non-hydrogen) atoms. The maximum Gasteiger partial charge on any atom is 0.216 e. The van der Waals surface area contributed by atoms with E-state index in [2.05, 4.69) is 24.3 Å². The molecule has 0 N–H and O–H groups in total. The van der Waals surface area contributed by atoms with E-state index < -0.39 is 6.85 Å². The third-order valence-corrected chi connectivity index (χ3v) is 4.41. The lowest BCUT2D eigenvalue weighted by Crippen LogP contribution is -2.30. The van der Waals surface area contributed by atoms with Gasteiger partial charge in [0.25, 0.3) is 0 Å². The standard InChI is InChI=1S/C21H20NO/c1-13-5-7-16-17-8-6-15(3)20(21(17)23-19(16)12-13)18-11-14(2)9-10-22(18)4/h5-12H,1-4H3/q+1/i2D3. The summed E-state index contributed by atoms with van der Waals surface area (Å²) in [6.07, 6.45) is 1.79. The van der Waals surface area contributed by atoms with Gasteiger partial charge in [0.15, 0.2) is 6.20 Å². The average molecular weight is 305 g/mol. The molecular weight excluding hydrogens is 282 g/mol. The lowest BCUT2D eigenvalue weighted by molar-refractivity contribution is -0.660. The van der Waals surface area contributed by atoms with Crippen LogP contribution in [0.25, 0.3) is 33.2 Å². The van der Waals surface area contributed by atoms with Crippen LogP contribution in [0.1, 0.15) is 20.8 Å². The van der Waals surface area contributed by atoms with E-state index in [1.807, 2.05) is 31.5 Å². The molecule has 0 amide bonds. The number of nitrogens with zero attached hydrogens (tertiary/aromatic N) is 1. The molecule has 114 valence electrons. The molecule has 0 saturated heterocycles. The Balaban J connectivity index is 2.09. The molecule has 0 bridgehead atoms. The predicted octanol–water partition coefficient (Wildman–Crippen LogP) is 5.00. The molecule has 0 radical (unpaired) electrons. The first kappa shape index (κ1) is 11.0. The number of hydrogen-bond donors (Lipinski definition) is 0. The van der Waals surface area contributed by atoms with Gasteiger partial charge >= 0.3 is 0 Å². The Labute approximate surface area is 140 Å². The van der Waals surface area contributed by atoms with E-state index in [1.54, 1.807) is 18.3 Å². The molecule has 4 rings (SSSR count). The summed E-state index contributed by atoms with van der Waals surface area (Å²) >= 11 is 0. The van der Waals surface area contributed by atoms with Crippen molar-refractivity contribution in [2.75, 3.05) is 0 Å². The van der Waals surface area contributed by atoms with E-state index in [0.717, 1.165) is 44.3 Å². The normalized spacial score (nSPS) is 14.0. The van der Waals surface area contributed by atoms with Gasteiger partial charge in [-0.2, -0.15) is 0 Å². The second-order valence-electron chi connectivity index (χ2n) is 6.15. The molecule has 2 aromatic carbocycles.